The van der Waals surface area contributed by atoms with Crippen molar-refractivity contribution in [1.29, 1.82) is 0 Å². The average molecular weight is 309 g/mol. The fourth-order valence-electron chi connectivity index (χ4n) is 1.37. The number of nitrogens with zero attached hydrogens (tertiary/aromatic N) is 1. The first-order valence-corrected chi connectivity index (χ1v) is 6.91. The van der Waals surface area contributed by atoms with Gasteiger partial charge in [0, 0.05) is 21.6 Å². The zero-order valence-electron chi connectivity index (χ0n) is 9.43. The molecule has 0 spiro atoms. The molecule has 0 bridgehead atoms. The standard InChI is InChI=1S/C13H13BrN2S/c1-9(15)10-5-6-13(16-8-10)17-12-4-2-3-11(14)7-12/h2-9H,15H2,1H3/t9-/m1/s1. The zero-order chi connectivity index (χ0) is 12.3. The second-order valence-electron chi connectivity index (χ2n) is 3.78. The molecule has 17 heavy (non-hydrogen) atoms. The first-order valence-electron chi connectivity index (χ1n) is 5.30. The van der Waals surface area contributed by atoms with Crippen LogP contribution in [0.1, 0.15) is 18.5 Å². The molecule has 2 N–H and O–H groups in total. The lowest BCUT2D eigenvalue weighted by Gasteiger charge is -2.06. The smallest absolute Gasteiger partial charge is 0.101 e. The van der Waals surface area contributed by atoms with Gasteiger partial charge in [0.15, 0.2) is 0 Å². The highest BCUT2D eigenvalue weighted by Gasteiger charge is 2.02. The van der Waals surface area contributed by atoms with E-state index in [0.29, 0.717) is 0 Å². The van der Waals surface area contributed by atoms with Gasteiger partial charge in [-0.3, -0.25) is 0 Å². The van der Waals surface area contributed by atoms with E-state index in [0.717, 1.165) is 15.1 Å². The Morgan fingerprint density at radius 1 is 1.29 bits per heavy atom. The number of nitrogens with two attached hydrogens (primary N) is 1. The van der Waals surface area contributed by atoms with E-state index in [1.807, 2.05) is 37.4 Å². The summed E-state index contributed by atoms with van der Waals surface area (Å²) in [5, 5.41) is 0.979. The Kier molecular flexibility index (Phi) is 4.20. The fourth-order valence-corrected chi connectivity index (χ4v) is 2.74. The van der Waals surface area contributed by atoms with Crippen LogP contribution in [0.4, 0.5) is 0 Å². The SMILES string of the molecule is C[C@@H](N)c1ccc(Sc2cccc(Br)c2)nc1. The maximum atomic E-state index is 5.78. The number of aromatic nitrogens is 1. The normalized spacial score (nSPS) is 12.4. The third-order valence-electron chi connectivity index (χ3n) is 2.30. The second kappa shape index (κ2) is 5.67. The number of hydrogen-bond donors (Lipinski definition) is 1. The highest BCUT2D eigenvalue weighted by molar-refractivity contribution is 9.10. The van der Waals surface area contributed by atoms with E-state index < -0.39 is 0 Å². The van der Waals surface area contributed by atoms with Crippen molar-refractivity contribution in [3.8, 4) is 0 Å². The number of pyridine rings is 1. The van der Waals surface area contributed by atoms with Crippen molar-refractivity contribution in [2.45, 2.75) is 22.9 Å². The molecular weight excluding hydrogens is 296 g/mol. The topological polar surface area (TPSA) is 38.9 Å². The molecule has 0 unspecified atom stereocenters. The Morgan fingerprint density at radius 2 is 2.12 bits per heavy atom. The summed E-state index contributed by atoms with van der Waals surface area (Å²) >= 11 is 5.10. The molecular formula is C13H13BrN2S. The van der Waals surface area contributed by atoms with Gasteiger partial charge in [0.1, 0.15) is 5.03 Å². The van der Waals surface area contributed by atoms with Crippen molar-refractivity contribution >= 4 is 27.7 Å². The molecule has 2 aromatic rings. The van der Waals surface area contributed by atoms with Crippen LogP contribution in [0.15, 0.2) is 57.0 Å². The molecule has 88 valence electrons. The van der Waals surface area contributed by atoms with Crippen LogP contribution in [0.2, 0.25) is 0 Å². The van der Waals surface area contributed by atoms with Crippen molar-refractivity contribution < 1.29 is 0 Å². The largest absolute Gasteiger partial charge is 0.324 e. The van der Waals surface area contributed by atoms with Gasteiger partial charge >= 0.3 is 0 Å². The molecule has 1 aromatic carbocycles. The Morgan fingerprint density at radius 3 is 2.71 bits per heavy atom. The molecule has 0 aliphatic heterocycles. The Hall–Kier alpha value is -0.840. The number of rotatable bonds is 3. The molecule has 1 atom stereocenters. The van der Waals surface area contributed by atoms with Crippen LogP contribution >= 0.6 is 27.7 Å². The highest BCUT2D eigenvalue weighted by Crippen LogP contribution is 2.28. The molecule has 0 fully saturated rings. The molecule has 2 nitrogen and oxygen atoms in total. The number of hydrogen-bond acceptors (Lipinski definition) is 3. The molecule has 1 aromatic heterocycles. The lowest BCUT2D eigenvalue weighted by atomic mass is 10.2. The van der Waals surface area contributed by atoms with Gasteiger partial charge < -0.3 is 5.73 Å². The highest BCUT2D eigenvalue weighted by atomic mass is 79.9. The van der Waals surface area contributed by atoms with Crippen LogP contribution in [0.25, 0.3) is 0 Å². The van der Waals surface area contributed by atoms with Gasteiger partial charge in [-0.2, -0.15) is 0 Å². The van der Waals surface area contributed by atoms with Gasteiger partial charge in [-0.1, -0.05) is 39.8 Å². The van der Waals surface area contributed by atoms with Gasteiger partial charge in [-0.15, -0.1) is 0 Å². The minimum absolute atomic E-state index is 0.0346. The summed E-state index contributed by atoms with van der Waals surface area (Å²) in [5.41, 5.74) is 6.84. The molecule has 0 saturated heterocycles. The summed E-state index contributed by atoms with van der Waals surface area (Å²) < 4.78 is 1.08. The molecule has 0 saturated carbocycles. The summed E-state index contributed by atoms with van der Waals surface area (Å²) in [6.45, 7) is 1.96. The van der Waals surface area contributed by atoms with E-state index in [1.165, 1.54) is 4.90 Å². The monoisotopic (exact) mass is 308 g/mol. The molecule has 1 heterocycles. The Labute approximate surface area is 114 Å². The van der Waals surface area contributed by atoms with Gasteiger partial charge in [-0.05, 0) is 36.8 Å². The van der Waals surface area contributed by atoms with Crippen LogP contribution in [0.3, 0.4) is 0 Å². The summed E-state index contributed by atoms with van der Waals surface area (Å²) in [7, 11) is 0. The van der Waals surface area contributed by atoms with Crippen LogP contribution in [0, 0.1) is 0 Å². The molecule has 0 aliphatic rings. The van der Waals surface area contributed by atoms with Crippen molar-refractivity contribution in [2.24, 2.45) is 5.73 Å². The predicted octanol–water partition coefficient (Wildman–Crippen LogP) is 4.02. The summed E-state index contributed by atoms with van der Waals surface area (Å²) in [6.07, 6.45) is 1.84. The van der Waals surface area contributed by atoms with E-state index in [1.54, 1.807) is 11.8 Å². The lowest BCUT2D eigenvalue weighted by molar-refractivity contribution is 0.806. The summed E-state index contributed by atoms with van der Waals surface area (Å²) in [4.78, 5) is 5.56. The predicted molar refractivity (Wildman–Crippen MR) is 75.1 cm³/mol. The van der Waals surface area contributed by atoms with Crippen molar-refractivity contribution in [3.63, 3.8) is 0 Å². The first kappa shape index (κ1) is 12.6. The molecule has 0 amide bonds. The second-order valence-corrected chi connectivity index (χ2v) is 5.79. The van der Waals surface area contributed by atoms with Crippen molar-refractivity contribution in [3.05, 3.63) is 52.6 Å². The molecule has 4 heteroatoms. The average Bonchev–Trinajstić information content (AvgIpc) is 2.29. The van der Waals surface area contributed by atoms with Crippen molar-refractivity contribution in [1.82, 2.24) is 4.98 Å². The minimum atomic E-state index is 0.0346. The van der Waals surface area contributed by atoms with E-state index >= 15 is 0 Å². The quantitative estimate of drug-likeness (QED) is 0.931. The Bertz CT molecular complexity index is 497. The van der Waals surface area contributed by atoms with E-state index in [2.05, 4.69) is 33.0 Å². The maximum absolute atomic E-state index is 5.78. The van der Waals surface area contributed by atoms with Gasteiger partial charge in [0.2, 0.25) is 0 Å². The molecule has 0 radical (unpaired) electrons. The molecule has 2 rings (SSSR count). The van der Waals surface area contributed by atoms with Crippen LogP contribution < -0.4 is 5.73 Å². The fraction of sp³-hybridized carbons (Fsp3) is 0.154. The Balaban J connectivity index is 2.14. The van der Waals surface area contributed by atoms with Crippen LogP contribution in [0.5, 0.6) is 0 Å². The van der Waals surface area contributed by atoms with Gasteiger partial charge in [0.25, 0.3) is 0 Å². The van der Waals surface area contributed by atoms with Crippen LogP contribution in [-0.4, -0.2) is 4.98 Å². The first-order chi connectivity index (χ1) is 8.15. The van der Waals surface area contributed by atoms with Crippen LogP contribution in [-0.2, 0) is 0 Å². The number of benzene rings is 1. The van der Waals surface area contributed by atoms with E-state index in [-0.39, 0.29) is 6.04 Å². The maximum Gasteiger partial charge on any atom is 0.101 e. The van der Waals surface area contributed by atoms with Gasteiger partial charge in [-0.25, -0.2) is 4.98 Å². The van der Waals surface area contributed by atoms with Gasteiger partial charge in [0.05, 0.1) is 0 Å². The third-order valence-corrected chi connectivity index (χ3v) is 3.74. The third kappa shape index (κ3) is 3.56. The van der Waals surface area contributed by atoms with E-state index in [9.17, 15) is 0 Å². The molecule has 0 aliphatic carbocycles. The summed E-state index contributed by atoms with van der Waals surface area (Å²) in [6, 6.07) is 12.2. The van der Waals surface area contributed by atoms with E-state index in [4.69, 9.17) is 5.73 Å². The number of halogens is 1. The zero-order valence-corrected chi connectivity index (χ0v) is 11.8. The minimum Gasteiger partial charge on any atom is -0.324 e. The van der Waals surface area contributed by atoms with Crippen molar-refractivity contribution in [2.75, 3.05) is 0 Å². The lowest BCUT2D eigenvalue weighted by Crippen LogP contribution is -2.04. The summed E-state index contributed by atoms with van der Waals surface area (Å²) in [5.74, 6) is 0.